The highest BCUT2D eigenvalue weighted by Crippen LogP contribution is 2.17. The molecule has 2 rings (SSSR count). The Bertz CT molecular complexity index is 793. The van der Waals surface area contributed by atoms with Gasteiger partial charge in [-0.05, 0) is 26.3 Å². The minimum Gasteiger partial charge on any atom is -0.469 e. The Balaban J connectivity index is 1.94. The molecule has 0 aromatic carbocycles. The molecule has 0 spiro atoms. The standard InChI is InChI=1S/C18H23N3O6/c1-11-9-13(12(2)21(11)8-4-5-17(24)26-3)15(22)10-27-18(25)14-6-7-16(23)20-19-14/h9H,4-8,10H2,1-3H3,(H,20,23). The molecule has 0 saturated carbocycles. The number of amides is 1. The molecular weight excluding hydrogens is 354 g/mol. The van der Waals surface area contributed by atoms with Crippen LogP contribution in [0.15, 0.2) is 11.2 Å². The van der Waals surface area contributed by atoms with Gasteiger partial charge in [0.25, 0.3) is 0 Å². The molecule has 9 nitrogen and oxygen atoms in total. The van der Waals surface area contributed by atoms with Gasteiger partial charge in [-0.1, -0.05) is 0 Å². The number of nitrogens with zero attached hydrogens (tertiary/aromatic N) is 2. The molecule has 2 heterocycles. The van der Waals surface area contributed by atoms with E-state index in [2.05, 4.69) is 15.3 Å². The number of ketones is 1. The third kappa shape index (κ3) is 5.25. The molecule has 1 amide bonds. The lowest BCUT2D eigenvalue weighted by atomic mass is 10.1. The quantitative estimate of drug-likeness (QED) is 0.535. The molecule has 1 aromatic heterocycles. The molecule has 0 saturated heterocycles. The zero-order valence-corrected chi connectivity index (χ0v) is 15.7. The van der Waals surface area contributed by atoms with Gasteiger partial charge in [-0.15, -0.1) is 0 Å². The van der Waals surface area contributed by atoms with Crippen LogP contribution >= 0.6 is 0 Å². The summed E-state index contributed by atoms with van der Waals surface area (Å²) in [6, 6.07) is 1.74. The number of esters is 2. The fourth-order valence-electron chi connectivity index (χ4n) is 2.82. The van der Waals surface area contributed by atoms with E-state index in [1.165, 1.54) is 7.11 Å². The fourth-order valence-corrected chi connectivity index (χ4v) is 2.82. The number of ether oxygens (including phenoxy) is 2. The number of rotatable bonds is 8. The highest BCUT2D eigenvalue weighted by molar-refractivity contribution is 6.37. The number of carbonyl (C=O) groups excluding carboxylic acids is 4. The van der Waals surface area contributed by atoms with Crippen molar-refractivity contribution < 1.29 is 28.7 Å². The average Bonchev–Trinajstić information content (AvgIpc) is 2.94. The summed E-state index contributed by atoms with van der Waals surface area (Å²) < 4.78 is 11.6. The van der Waals surface area contributed by atoms with E-state index < -0.39 is 12.6 Å². The van der Waals surface area contributed by atoms with Gasteiger partial charge in [0.1, 0.15) is 5.71 Å². The third-order valence-electron chi connectivity index (χ3n) is 4.34. The summed E-state index contributed by atoms with van der Waals surface area (Å²) in [7, 11) is 1.35. The first-order valence-electron chi connectivity index (χ1n) is 8.62. The van der Waals surface area contributed by atoms with Gasteiger partial charge in [-0.2, -0.15) is 5.10 Å². The lowest BCUT2D eigenvalue weighted by molar-refractivity contribution is -0.140. The fraction of sp³-hybridized carbons (Fsp3) is 0.500. The highest BCUT2D eigenvalue weighted by atomic mass is 16.5. The number of carbonyl (C=O) groups is 4. The largest absolute Gasteiger partial charge is 0.469 e. The summed E-state index contributed by atoms with van der Waals surface area (Å²) in [6.45, 7) is 3.85. The predicted octanol–water partition coefficient (Wildman–Crippen LogP) is 1.05. The van der Waals surface area contributed by atoms with E-state index in [0.29, 0.717) is 24.9 Å². The Hall–Kier alpha value is -2.97. The maximum Gasteiger partial charge on any atom is 0.354 e. The molecule has 0 aliphatic carbocycles. The molecular formula is C18H23N3O6. The zero-order chi connectivity index (χ0) is 20.0. The number of hydrazone groups is 1. The Morgan fingerprint density at radius 3 is 2.63 bits per heavy atom. The van der Waals surface area contributed by atoms with Gasteiger partial charge in [0, 0.05) is 42.8 Å². The molecule has 0 bridgehead atoms. The monoisotopic (exact) mass is 377 g/mol. The maximum atomic E-state index is 12.4. The zero-order valence-electron chi connectivity index (χ0n) is 15.7. The second-order valence-electron chi connectivity index (χ2n) is 6.21. The first-order valence-corrected chi connectivity index (χ1v) is 8.62. The average molecular weight is 377 g/mol. The van der Waals surface area contributed by atoms with Crippen molar-refractivity contribution in [3.8, 4) is 0 Å². The summed E-state index contributed by atoms with van der Waals surface area (Å²) in [5.41, 5.74) is 4.41. The number of hydrogen-bond acceptors (Lipinski definition) is 7. The van der Waals surface area contributed by atoms with Gasteiger partial charge >= 0.3 is 11.9 Å². The van der Waals surface area contributed by atoms with Gasteiger partial charge in [-0.3, -0.25) is 14.4 Å². The van der Waals surface area contributed by atoms with Crippen molar-refractivity contribution in [1.82, 2.24) is 9.99 Å². The predicted molar refractivity (Wildman–Crippen MR) is 95.3 cm³/mol. The Morgan fingerprint density at radius 1 is 1.26 bits per heavy atom. The lowest BCUT2D eigenvalue weighted by Crippen LogP contribution is -2.31. The van der Waals surface area contributed by atoms with E-state index >= 15 is 0 Å². The molecule has 0 unspecified atom stereocenters. The number of aromatic nitrogens is 1. The second-order valence-corrected chi connectivity index (χ2v) is 6.21. The van der Waals surface area contributed by atoms with E-state index in [9.17, 15) is 19.2 Å². The summed E-state index contributed by atoms with van der Waals surface area (Å²) in [5.74, 6) is -1.57. The molecule has 0 radical (unpaired) electrons. The van der Waals surface area contributed by atoms with Crippen LogP contribution in [0.3, 0.4) is 0 Å². The SMILES string of the molecule is COC(=O)CCCn1c(C)cc(C(=O)COC(=O)C2=NNC(=O)CC2)c1C. The van der Waals surface area contributed by atoms with Crippen LogP contribution in [-0.2, 0) is 30.4 Å². The van der Waals surface area contributed by atoms with E-state index in [1.807, 2.05) is 11.5 Å². The van der Waals surface area contributed by atoms with Crippen LogP contribution in [0.5, 0.6) is 0 Å². The topological polar surface area (TPSA) is 116 Å². The molecule has 0 atom stereocenters. The Morgan fingerprint density at radius 2 is 2.00 bits per heavy atom. The summed E-state index contributed by atoms with van der Waals surface area (Å²) in [4.78, 5) is 46.6. The molecule has 9 heteroatoms. The summed E-state index contributed by atoms with van der Waals surface area (Å²) in [5, 5.41) is 3.64. The van der Waals surface area contributed by atoms with E-state index in [4.69, 9.17) is 4.74 Å². The number of methoxy groups -OCH3 is 1. The van der Waals surface area contributed by atoms with Crippen LogP contribution in [0, 0.1) is 13.8 Å². The van der Waals surface area contributed by atoms with Gasteiger partial charge in [0.05, 0.1) is 7.11 Å². The van der Waals surface area contributed by atoms with Gasteiger partial charge in [-0.25, -0.2) is 10.2 Å². The molecule has 1 N–H and O–H groups in total. The van der Waals surface area contributed by atoms with Crippen LogP contribution in [0.1, 0.15) is 47.4 Å². The lowest BCUT2D eigenvalue weighted by Gasteiger charge is -2.11. The van der Waals surface area contributed by atoms with Crippen molar-refractivity contribution in [2.24, 2.45) is 5.10 Å². The molecule has 27 heavy (non-hydrogen) atoms. The Kier molecular flexibility index (Phi) is 6.86. The number of Topliss-reactive ketones (excluding diaryl/α,β-unsaturated/α-hetero) is 1. The van der Waals surface area contributed by atoms with Crippen molar-refractivity contribution in [3.63, 3.8) is 0 Å². The molecule has 1 aliphatic heterocycles. The number of aryl methyl sites for hydroxylation is 1. The second kappa shape index (κ2) is 9.11. The van der Waals surface area contributed by atoms with E-state index in [1.54, 1.807) is 13.0 Å². The van der Waals surface area contributed by atoms with Crippen molar-refractivity contribution in [3.05, 3.63) is 23.0 Å². The van der Waals surface area contributed by atoms with Gasteiger partial charge in [0.15, 0.2) is 6.61 Å². The summed E-state index contributed by atoms with van der Waals surface area (Å²) >= 11 is 0. The van der Waals surface area contributed by atoms with Gasteiger partial charge < -0.3 is 14.0 Å². The third-order valence-corrected chi connectivity index (χ3v) is 4.34. The highest BCUT2D eigenvalue weighted by Gasteiger charge is 2.22. The van der Waals surface area contributed by atoms with Crippen molar-refractivity contribution in [2.45, 2.75) is 46.1 Å². The molecule has 1 aliphatic rings. The Labute approximate surface area is 156 Å². The number of hydrogen-bond donors (Lipinski definition) is 1. The first kappa shape index (κ1) is 20.3. The van der Waals surface area contributed by atoms with Crippen molar-refractivity contribution in [2.75, 3.05) is 13.7 Å². The molecule has 1 aromatic rings. The number of nitrogens with one attached hydrogen (secondary N) is 1. The van der Waals surface area contributed by atoms with Crippen LogP contribution in [0.4, 0.5) is 0 Å². The minimum atomic E-state index is -0.713. The van der Waals surface area contributed by atoms with Crippen molar-refractivity contribution in [1.29, 1.82) is 0 Å². The minimum absolute atomic E-state index is 0.0932. The molecule has 0 fully saturated rings. The van der Waals surface area contributed by atoms with Crippen LogP contribution < -0.4 is 5.43 Å². The normalized spacial score (nSPS) is 13.6. The molecule has 146 valence electrons. The maximum absolute atomic E-state index is 12.4. The van der Waals surface area contributed by atoms with Crippen LogP contribution in [0.2, 0.25) is 0 Å². The smallest absolute Gasteiger partial charge is 0.354 e. The van der Waals surface area contributed by atoms with Gasteiger partial charge in [0.2, 0.25) is 11.7 Å². The van der Waals surface area contributed by atoms with E-state index in [0.717, 1.165) is 11.4 Å². The van der Waals surface area contributed by atoms with Crippen molar-refractivity contribution >= 4 is 29.3 Å². The summed E-state index contributed by atoms with van der Waals surface area (Å²) in [6.07, 6.45) is 1.24. The van der Waals surface area contributed by atoms with E-state index in [-0.39, 0.29) is 36.2 Å². The van der Waals surface area contributed by atoms with Crippen LogP contribution in [-0.4, -0.2) is 47.6 Å². The first-order chi connectivity index (χ1) is 12.8. The van der Waals surface area contributed by atoms with Crippen LogP contribution in [0.25, 0.3) is 0 Å².